The predicted molar refractivity (Wildman–Crippen MR) is 61.9 cm³/mol. The Kier molecular flexibility index (Phi) is 3.36. The summed E-state index contributed by atoms with van der Waals surface area (Å²) in [5, 5.41) is 11.7. The highest BCUT2D eigenvalue weighted by molar-refractivity contribution is 5.00. The second kappa shape index (κ2) is 4.94. The number of hydrogen-bond donors (Lipinski definition) is 1. The fraction of sp³-hybridized carbons (Fsp3) is 0.455. The minimum Gasteiger partial charge on any atom is -0.309 e. The van der Waals surface area contributed by atoms with E-state index < -0.39 is 0 Å². The fourth-order valence-electron chi connectivity index (χ4n) is 1.57. The summed E-state index contributed by atoms with van der Waals surface area (Å²) in [6, 6.07) is 2.02. The van der Waals surface area contributed by atoms with E-state index in [1.54, 1.807) is 0 Å². The van der Waals surface area contributed by atoms with Crippen LogP contribution in [0.5, 0.6) is 0 Å². The fourth-order valence-corrected chi connectivity index (χ4v) is 1.57. The van der Waals surface area contributed by atoms with Gasteiger partial charge in [-0.1, -0.05) is 0 Å². The van der Waals surface area contributed by atoms with Crippen molar-refractivity contribution in [2.45, 2.75) is 20.0 Å². The van der Waals surface area contributed by atoms with Crippen LogP contribution in [0.2, 0.25) is 0 Å². The maximum atomic E-state index is 4.23. The van der Waals surface area contributed by atoms with Gasteiger partial charge in [-0.25, -0.2) is 0 Å². The number of nitrogens with zero attached hydrogens (tertiary/aromatic N) is 4. The molecule has 5 heteroatoms. The van der Waals surface area contributed by atoms with Crippen LogP contribution in [0.1, 0.15) is 11.3 Å². The zero-order valence-electron chi connectivity index (χ0n) is 9.72. The highest BCUT2D eigenvalue weighted by Gasteiger charge is 1.97. The molecular formula is C11H17N5. The van der Waals surface area contributed by atoms with Gasteiger partial charge in [0, 0.05) is 32.5 Å². The largest absolute Gasteiger partial charge is 0.309 e. The number of rotatable bonds is 5. The van der Waals surface area contributed by atoms with Crippen LogP contribution in [0.4, 0.5) is 0 Å². The summed E-state index contributed by atoms with van der Waals surface area (Å²) in [6.45, 7) is 4.70. The van der Waals surface area contributed by atoms with E-state index in [-0.39, 0.29) is 0 Å². The van der Waals surface area contributed by atoms with Crippen LogP contribution in [0.15, 0.2) is 24.7 Å². The van der Waals surface area contributed by atoms with Crippen LogP contribution in [0.25, 0.3) is 0 Å². The molecule has 1 N–H and O–H groups in total. The van der Waals surface area contributed by atoms with E-state index in [9.17, 15) is 0 Å². The van der Waals surface area contributed by atoms with Gasteiger partial charge in [-0.2, -0.15) is 10.2 Å². The average molecular weight is 219 g/mol. The van der Waals surface area contributed by atoms with Gasteiger partial charge in [-0.3, -0.25) is 9.36 Å². The van der Waals surface area contributed by atoms with Gasteiger partial charge in [0.25, 0.3) is 0 Å². The molecule has 2 aromatic heterocycles. The van der Waals surface area contributed by atoms with Gasteiger partial charge in [0.05, 0.1) is 18.4 Å². The monoisotopic (exact) mass is 219 g/mol. The molecule has 0 bridgehead atoms. The van der Waals surface area contributed by atoms with E-state index in [0.29, 0.717) is 0 Å². The summed E-state index contributed by atoms with van der Waals surface area (Å²) >= 11 is 0. The Labute approximate surface area is 95.1 Å². The minimum absolute atomic E-state index is 0.844. The van der Waals surface area contributed by atoms with Crippen molar-refractivity contribution in [2.24, 2.45) is 7.05 Å². The van der Waals surface area contributed by atoms with Crippen LogP contribution in [-0.2, 0) is 20.1 Å². The molecule has 0 aromatic carbocycles. The third-order valence-electron chi connectivity index (χ3n) is 2.51. The third-order valence-corrected chi connectivity index (χ3v) is 2.51. The van der Waals surface area contributed by atoms with Gasteiger partial charge in [-0.15, -0.1) is 0 Å². The molecule has 0 aliphatic rings. The summed E-state index contributed by atoms with van der Waals surface area (Å²) in [7, 11) is 1.95. The molecule has 0 atom stereocenters. The second-order valence-electron chi connectivity index (χ2n) is 3.90. The Bertz CT molecular complexity index is 443. The van der Waals surface area contributed by atoms with Crippen molar-refractivity contribution in [3.8, 4) is 0 Å². The maximum absolute atomic E-state index is 4.23. The molecule has 2 rings (SSSR count). The number of aryl methyl sites for hydroxylation is 2. The highest BCUT2D eigenvalue weighted by atomic mass is 15.3. The molecule has 0 unspecified atom stereocenters. The Hall–Kier alpha value is -1.62. The molecule has 0 radical (unpaired) electrons. The summed E-state index contributed by atoms with van der Waals surface area (Å²) in [4.78, 5) is 0. The summed E-state index contributed by atoms with van der Waals surface area (Å²) < 4.78 is 3.83. The van der Waals surface area contributed by atoms with Crippen LogP contribution < -0.4 is 5.32 Å². The third kappa shape index (κ3) is 2.70. The summed E-state index contributed by atoms with van der Waals surface area (Å²) in [5.74, 6) is 0. The lowest BCUT2D eigenvalue weighted by Gasteiger charge is -2.05. The van der Waals surface area contributed by atoms with Gasteiger partial charge in [0.1, 0.15) is 0 Å². The van der Waals surface area contributed by atoms with Gasteiger partial charge in [0.2, 0.25) is 0 Å². The van der Waals surface area contributed by atoms with Crippen molar-refractivity contribution in [3.05, 3.63) is 35.9 Å². The molecular weight excluding hydrogens is 202 g/mol. The molecule has 0 fully saturated rings. The van der Waals surface area contributed by atoms with Gasteiger partial charge in [0.15, 0.2) is 0 Å². The molecule has 0 spiro atoms. The zero-order valence-corrected chi connectivity index (χ0v) is 9.72. The Morgan fingerprint density at radius 3 is 2.88 bits per heavy atom. The molecule has 0 aliphatic heterocycles. The predicted octanol–water partition coefficient (Wildman–Crippen LogP) is 0.715. The Morgan fingerprint density at radius 1 is 1.38 bits per heavy atom. The first-order valence-corrected chi connectivity index (χ1v) is 5.42. The lowest BCUT2D eigenvalue weighted by Crippen LogP contribution is -2.21. The number of aromatic nitrogens is 4. The first-order valence-electron chi connectivity index (χ1n) is 5.42. The van der Waals surface area contributed by atoms with Gasteiger partial charge < -0.3 is 5.32 Å². The molecule has 0 saturated heterocycles. The zero-order chi connectivity index (χ0) is 11.4. The molecule has 86 valence electrons. The van der Waals surface area contributed by atoms with Crippen LogP contribution in [-0.4, -0.2) is 26.1 Å². The van der Waals surface area contributed by atoms with E-state index in [4.69, 9.17) is 0 Å². The molecule has 0 amide bonds. The van der Waals surface area contributed by atoms with Crippen molar-refractivity contribution in [1.82, 2.24) is 24.9 Å². The highest BCUT2D eigenvalue weighted by Crippen LogP contribution is 1.95. The molecule has 0 aliphatic carbocycles. The smallest absolute Gasteiger partial charge is 0.0534 e. The van der Waals surface area contributed by atoms with E-state index in [1.165, 1.54) is 11.3 Å². The first-order chi connectivity index (χ1) is 7.75. The van der Waals surface area contributed by atoms with Crippen molar-refractivity contribution >= 4 is 0 Å². The molecule has 0 saturated carbocycles. The van der Waals surface area contributed by atoms with E-state index in [1.807, 2.05) is 48.0 Å². The lowest BCUT2D eigenvalue weighted by molar-refractivity contribution is 0.542. The molecule has 2 heterocycles. The Morgan fingerprint density at radius 2 is 2.25 bits per heavy atom. The van der Waals surface area contributed by atoms with E-state index >= 15 is 0 Å². The van der Waals surface area contributed by atoms with Crippen molar-refractivity contribution in [2.75, 3.05) is 6.54 Å². The topological polar surface area (TPSA) is 47.7 Å². The van der Waals surface area contributed by atoms with Crippen molar-refractivity contribution < 1.29 is 0 Å². The van der Waals surface area contributed by atoms with Crippen LogP contribution in [0, 0.1) is 6.92 Å². The lowest BCUT2D eigenvalue weighted by atomic mass is 10.4. The van der Waals surface area contributed by atoms with E-state index in [2.05, 4.69) is 15.5 Å². The molecule has 5 nitrogen and oxygen atoms in total. The molecule has 16 heavy (non-hydrogen) atoms. The number of nitrogens with one attached hydrogen (secondary N) is 1. The SMILES string of the molecule is Cc1cnn(CCNCc2ccnn2C)c1. The van der Waals surface area contributed by atoms with Crippen molar-refractivity contribution in [3.63, 3.8) is 0 Å². The van der Waals surface area contributed by atoms with Crippen molar-refractivity contribution in [1.29, 1.82) is 0 Å². The van der Waals surface area contributed by atoms with Crippen LogP contribution in [0.3, 0.4) is 0 Å². The Balaban J connectivity index is 1.71. The maximum Gasteiger partial charge on any atom is 0.0534 e. The molecule has 2 aromatic rings. The normalized spacial score (nSPS) is 10.9. The standard InChI is InChI=1S/C11H17N5/c1-10-7-14-16(9-10)6-5-12-8-11-3-4-13-15(11)2/h3-4,7,9,12H,5-6,8H2,1-2H3. The van der Waals surface area contributed by atoms with Crippen LogP contribution >= 0.6 is 0 Å². The van der Waals surface area contributed by atoms with Gasteiger partial charge in [-0.05, 0) is 18.6 Å². The quantitative estimate of drug-likeness (QED) is 0.754. The van der Waals surface area contributed by atoms with Gasteiger partial charge >= 0.3 is 0 Å². The summed E-state index contributed by atoms with van der Waals surface area (Å²) in [6.07, 6.45) is 5.74. The minimum atomic E-state index is 0.844. The second-order valence-corrected chi connectivity index (χ2v) is 3.90. The van der Waals surface area contributed by atoms with E-state index in [0.717, 1.165) is 19.6 Å². The summed E-state index contributed by atoms with van der Waals surface area (Å²) in [5.41, 5.74) is 2.39. The average Bonchev–Trinajstić information content (AvgIpc) is 2.83. The number of hydrogen-bond acceptors (Lipinski definition) is 3. The first kappa shape index (κ1) is 10.9.